The molecule has 8 rings (SSSR count). The van der Waals surface area contributed by atoms with E-state index in [9.17, 15) is 0 Å². The molecule has 4 nitrogen and oxygen atoms in total. The normalized spacial score (nSPS) is 14.3. The summed E-state index contributed by atoms with van der Waals surface area (Å²) >= 11 is 0. The van der Waals surface area contributed by atoms with E-state index in [4.69, 9.17) is 33.8 Å². The van der Waals surface area contributed by atoms with Gasteiger partial charge in [-0.15, -0.1) is 0 Å². The van der Waals surface area contributed by atoms with Crippen LogP contribution >= 0.6 is 15.8 Å². The van der Waals surface area contributed by atoms with E-state index in [-0.39, 0.29) is 40.8 Å². The molecule has 0 bridgehead atoms. The summed E-state index contributed by atoms with van der Waals surface area (Å²) < 4.78 is 0. The Kier molecular flexibility index (Phi) is 34.8. The van der Waals surface area contributed by atoms with Gasteiger partial charge in [0.1, 0.15) is 0 Å². The zero-order chi connectivity index (χ0) is 50.4. The number of nitroso groups, excluding NO2 is 2. The zero-order valence-electron chi connectivity index (χ0n) is 41.7. The van der Waals surface area contributed by atoms with E-state index in [1.807, 2.05) is 0 Å². The van der Waals surface area contributed by atoms with Crippen molar-refractivity contribution in [3.8, 4) is 23.7 Å². The maximum Gasteiger partial charge on any atom is 0 e. The van der Waals surface area contributed by atoms with E-state index in [0.29, 0.717) is 0 Å². The molecule has 0 N–H and O–H groups in total. The van der Waals surface area contributed by atoms with Gasteiger partial charge in [0.15, 0.2) is 0 Å². The Balaban J connectivity index is 0.000000872. The maximum absolute atomic E-state index is 7.25. The average molecular weight is 1300 g/mol. The first-order valence-electron chi connectivity index (χ1n) is 21.9. The fraction of sp³-hybridized carbons (Fsp3) is 0.161. The molecule has 0 aromatic heterocycles. The smallest absolute Gasteiger partial charge is 0 e. The molecular weight excluding hydrogens is 1240 g/mol. The second kappa shape index (κ2) is 37.2. The Morgan fingerprint density at radius 2 is 0.386 bits per heavy atom. The Hall–Kier alpha value is -4.62. The number of nitrogens with zero attached hydrogens (tertiary/aromatic N) is 2. The molecule has 358 valence electrons. The van der Waals surface area contributed by atoms with E-state index in [1.165, 1.54) is 91.0 Å². The van der Waals surface area contributed by atoms with Crippen LogP contribution in [0.4, 0.5) is 0 Å². The van der Waals surface area contributed by atoms with Gasteiger partial charge in [-0.1, -0.05) is 251 Å². The SMILES string of the molecule is C[C]1[C](C)[C](C)[C](C)[C]1C.C[C]1[C](C)[C](C)[C](C)[C]1C.[C-]#CC#CC#[C-].[N-]=O.[N-]=O.[Re].[Re].c1ccc(P(c2ccccc2)c2ccccc2)cc1.c1ccc(P(c2ccccc2)c2ccccc2)cc1. The van der Waals surface area contributed by atoms with Gasteiger partial charge in [-0.3, -0.25) is 11.8 Å². The minimum Gasteiger partial charge on any atom is -0.577 e. The summed E-state index contributed by atoms with van der Waals surface area (Å²) in [7, 11) is -0.892. The fourth-order valence-corrected chi connectivity index (χ4v) is 11.8. The largest absolute Gasteiger partial charge is 0.577 e. The first-order chi connectivity index (χ1) is 32.9. The van der Waals surface area contributed by atoms with Crippen molar-refractivity contribution in [3.63, 3.8) is 0 Å². The fourth-order valence-electron chi connectivity index (χ4n) is 7.23. The number of hydrogen-bond acceptors (Lipinski definition) is 2. The van der Waals surface area contributed by atoms with Crippen LogP contribution in [0.3, 0.4) is 0 Å². The van der Waals surface area contributed by atoms with Crippen molar-refractivity contribution in [1.82, 2.24) is 0 Å². The van der Waals surface area contributed by atoms with Crippen LogP contribution in [0.2, 0.25) is 0 Å². The summed E-state index contributed by atoms with van der Waals surface area (Å²) in [6, 6.07) is 64.7. The van der Waals surface area contributed by atoms with E-state index in [0.717, 1.165) is 0 Å². The Morgan fingerprint density at radius 3 is 0.486 bits per heavy atom. The Morgan fingerprint density at radius 1 is 0.271 bits per heavy atom. The third-order valence-electron chi connectivity index (χ3n) is 11.9. The van der Waals surface area contributed by atoms with Gasteiger partial charge in [-0.25, -0.2) is 0 Å². The molecule has 2 aliphatic carbocycles. The molecule has 12 radical (unpaired) electrons. The minimum absolute atomic E-state index is 0. The van der Waals surface area contributed by atoms with Crippen LogP contribution in [0.15, 0.2) is 182 Å². The first-order valence-corrected chi connectivity index (χ1v) is 24.6. The first kappa shape index (κ1) is 65.4. The van der Waals surface area contributed by atoms with Crippen molar-refractivity contribution in [2.45, 2.75) is 69.2 Å². The molecule has 0 aliphatic heterocycles. The Labute approximate surface area is 453 Å². The standard InChI is InChI=1S/2C18H15P.2C10H15.C6.2NO.2Re/c2*1-4-10-16(11-5-1)19(17-12-6-2-7-13-17)18-14-8-3-9-15-18;2*1-6-7(2)9(4)10(5)8(6)3;1-3-5-6-4-2;2*1-2;;/h2*1-15H;2*1-5H3;;;;;/q;;;;-2;2*-1;;. The van der Waals surface area contributed by atoms with Crippen molar-refractivity contribution in [3.05, 3.63) is 275 Å². The summed E-state index contributed by atoms with van der Waals surface area (Å²) in [5.41, 5.74) is 11.5. The maximum atomic E-state index is 7.25. The molecule has 6 aromatic rings. The molecule has 8 heteroatoms. The van der Waals surface area contributed by atoms with E-state index in [1.54, 1.807) is 11.8 Å². The van der Waals surface area contributed by atoms with Crippen molar-refractivity contribution < 1.29 is 40.8 Å². The molecule has 0 heterocycles. The third kappa shape index (κ3) is 20.2. The number of benzene rings is 6. The second-order valence-corrected chi connectivity index (χ2v) is 19.9. The molecule has 0 spiro atoms. The predicted octanol–water partition coefficient (Wildman–Crippen LogP) is 13.6. The van der Waals surface area contributed by atoms with Gasteiger partial charge in [0.05, 0.1) is 0 Å². The number of hydrogen-bond donors (Lipinski definition) is 0. The van der Waals surface area contributed by atoms with Crippen LogP contribution in [-0.4, -0.2) is 0 Å². The van der Waals surface area contributed by atoms with Gasteiger partial charge in [-0.05, 0) is 107 Å². The summed E-state index contributed by atoms with van der Waals surface area (Å²) in [5.74, 6) is 22.4. The molecule has 0 amide bonds. The Bertz CT molecular complexity index is 1950. The number of rotatable bonds is 6. The van der Waals surface area contributed by atoms with E-state index >= 15 is 0 Å². The van der Waals surface area contributed by atoms with Crippen LogP contribution in [0.5, 0.6) is 0 Å². The molecular formula is C62H60N2O2P2Re2-4. The van der Waals surface area contributed by atoms with Crippen LogP contribution < -0.4 is 31.8 Å². The summed E-state index contributed by atoms with van der Waals surface area (Å²) in [4.78, 5) is 14.5. The van der Waals surface area contributed by atoms with Crippen LogP contribution in [0, 0.1) is 106 Å². The molecule has 2 aliphatic rings. The molecule has 2 fully saturated rings. The van der Waals surface area contributed by atoms with Gasteiger partial charge >= 0.3 is 0 Å². The summed E-state index contributed by atoms with van der Waals surface area (Å²) in [5, 5.41) is 8.39. The monoisotopic (exact) mass is 1300 g/mol. The topological polar surface area (TPSA) is 78.7 Å². The molecule has 0 atom stereocenters. The summed E-state index contributed by atoms with van der Waals surface area (Å²) in [6.07, 6.45) is 12.3. The van der Waals surface area contributed by atoms with Crippen molar-refractivity contribution in [1.29, 1.82) is 0 Å². The van der Waals surface area contributed by atoms with Crippen LogP contribution in [0.1, 0.15) is 69.2 Å². The van der Waals surface area contributed by atoms with Crippen molar-refractivity contribution in [2.75, 3.05) is 0 Å². The molecule has 0 unspecified atom stereocenters. The van der Waals surface area contributed by atoms with Crippen LogP contribution in [-0.2, 0) is 40.8 Å². The van der Waals surface area contributed by atoms with Gasteiger partial charge in [0.2, 0.25) is 0 Å². The van der Waals surface area contributed by atoms with Gasteiger partial charge in [-0.2, -0.15) is 0 Å². The molecule has 0 saturated heterocycles. The van der Waals surface area contributed by atoms with Crippen molar-refractivity contribution in [2.24, 2.45) is 0 Å². The third-order valence-corrected chi connectivity index (χ3v) is 16.8. The van der Waals surface area contributed by atoms with Gasteiger partial charge < -0.3 is 45.7 Å². The summed E-state index contributed by atoms with van der Waals surface area (Å²) in [6.45, 7) is 22.0. The van der Waals surface area contributed by atoms with Gasteiger partial charge in [0, 0.05) is 40.8 Å². The molecule has 70 heavy (non-hydrogen) atoms. The van der Waals surface area contributed by atoms with E-state index < -0.39 is 15.8 Å². The minimum atomic E-state index is -0.446. The second-order valence-electron chi connectivity index (χ2n) is 15.4. The molecule has 2 saturated carbocycles. The molecule has 6 aromatic carbocycles. The van der Waals surface area contributed by atoms with Crippen LogP contribution in [0.25, 0.3) is 11.2 Å². The zero-order valence-corrected chi connectivity index (χ0v) is 48.9. The van der Waals surface area contributed by atoms with E-state index in [2.05, 4.69) is 263 Å². The average Bonchev–Trinajstić information content (AvgIpc) is 3.68. The quantitative estimate of drug-likeness (QED) is 0.0946. The van der Waals surface area contributed by atoms with Crippen molar-refractivity contribution >= 4 is 47.7 Å². The predicted molar refractivity (Wildman–Crippen MR) is 295 cm³/mol. The van der Waals surface area contributed by atoms with Gasteiger partial charge in [0.25, 0.3) is 0 Å².